The molecular weight excluding hydrogens is 418 g/mol. The molecule has 0 aliphatic carbocycles. The summed E-state index contributed by atoms with van der Waals surface area (Å²) in [4.78, 5) is 0. The van der Waals surface area contributed by atoms with Crippen molar-refractivity contribution in [1.82, 2.24) is 0 Å². The standard InChI is InChI=1S/C16H9BrFI/c17-12-6-4-10(5-7-12)14-8-11-2-1-3-15(18)13(11)9-16(14)19/h1-9H. The molecule has 0 amide bonds. The van der Waals surface area contributed by atoms with Crippen molar-refractivity contribution < 1.29 is 4.39 Å². The molecule has 19 heavy (non-hydrogen) atoms. The molecule has 0 N–H and O–H groups in total. The van der Waals surface area contributed by atoms with Gasteiger partial charge in [-0.15, -0.1) is 0 Å². The molecule has 0 bridgehead atoms. The van der Waals surface area contributed by atoms with Crippen molar-refractivity contribution in [2.45, 2.75) is 0 Å². The summed E-state index contributed by atoms with van der Waals surface area (Å²) >= 11 is 5.69. The summed E-state index contributed by atoms with van der Waals surface area (Å²) in [5.74, 6) is -0.169. The highest BCUT2D eigenvalue weighted by molar-refractivity contribution is 14.1. The van der Waals surface area contributed by atoms with Crippen LogP contribution in [0.3, 0.4) is 0 Å². The molecule has 0 spiro atoms. The maximum Gasteiger partial charge on any atom is 0.131 e. The third kappa shape index (κ3) is 2.54. The van der Waals surface area contributed by atoms with Crippen LogP contribution >= 0.6 is 38.5 Å². The summed E-state index contributed by atoms with van der Waals surface area (Å²) in [6, 6.07) is 17.3. The molecule has 0 heterocycles. The van der Waals surface area contributed by atoms with Gasteiger partial charge in [0.1, 0.15) is 5.82 Å². The Bertz CT molecular complexity index is 751. The molecule has 3 aromatic carbocycles. The molecule has 3 heteroatoms. The van der Waals surface area contributed by atoms with E-state index in [0.29, 0.717) is 5.39 Å². The highest BCUT2D eigenvalue weighted by Gasteiger charge is 2.07. The molecule has 94 valence electrons. The molecule has 0 unspecified atom stereocenters. The van der Waals surface area contributed by atoms with Crippen LogP contribution in [0.2, 0.25) is 0 Å². The van der Waals surface area contributed by atoms with Crippen molar-refractivity contribution >= 4 is 49.3 Å². The fraction of sp³-hybridized carbons (Fsp3) is 0. The van der Waals surface area contributed by atoms with Crippen molar-refractivity contribution in [3.05, 3.63) is 68.5 Å². The lowest BCUT2D eigenvalue weighted by Crippen LogP contribution is -1.86. The molecule has 0 fully saturated rings. The lowest BCUT2D eigenvalue weighted by molar-refractivity contribution is 0.640. The lowest BCUT2D eigenvalue weighted by atomic mass is 10.0. The molecule has 0 aliphatic rings. The third-order valence-corrected chi connectivity index (χ3v) is 4.49. The van der Waals surface area contributed by atoms with Crippen molar-refractivity contribution in [2.75, 3.05) is 0 Å². The zero-order chi connectivity index (χ0) is 13.4. The first-order chi connectivity index (χ1) is 9.15. The van der Waals surface area contributed by atoms with Gasteiger partial charge in [-0.25, -0.2) is 4.39 Å². The van der Waals surface area contributed by atoms with Crippen molar-refractivity contribution in [3.63, 3.8) is 0 Å². The van der Waals surface area contributed by atoms with Crippen LogP contribution in [0.1, 0.15) is 0 Å². The highest BCUT2D eigenvalue weighted by atomic mass is 127. The van der Waals surface area contributed by atoms with Crippen molar-refractivity contribution in [1.29, 1.82) is 0 Å². The van der Waals surface area contributed by atoms with E-state index in [1.165, 1.54) is 6.07 Å². The zero-order valence-corrected chi connectivity index (χ0v) is 13.6. The maximum absolute atomic E-state index is 13.7. The molecular formula is C16H9BrFI. The average molecular weight is 427 g/mol. The normalized spacial score (nSPS) is 10.9. The molecule has 0 aliphatic heterocycles. The van der Waals surface area contributed by atoms with Gasteiger partial charge < -0.3 is 0 Å². The Labute approximate surface area is 132 Å². The zero-order valence-electron chi connectivity index (χ0n) is 9.83. The first kappa shape index (κ1) is 13.1. The molecule has 0 radical (unpaired) electrons. The van der Waals surface area contributed by atoms with E-state index in [1.807, 2.05) is 30.3 Å². The molecule has 3 rings (SSSR count). The molecule has 0 saturated heterocycles. The van der Waals surface area contributed by atoms with Crippen LogP contribution < -0.4 is 0 Å². The predicted molar refractivity (Wildman–Crippen MR) is 89.8 cm³/mol. The first-order valence-corrected chi connectivity index (χ1v) is 7.66. The number of rotatable bonds is 1. The van der Waals surface area contributed by atoms with Crippen LogP contribution in [0.15, 0.2) is 59.1 Å². The quantitative estimate of drug-likeness (QED) is 0.418. The van der Waals surface area contributed by atoms with Crippen LogP contribution in [0.5, 0.6) is 0 Å². The Morgan fingerprint density at radius 1 is 0.947 bits per heavy atom. The number of hydrogen-bond donors (Lipinski definition) is 0. The van der Waals surface area contributed by atoms with Gasteiger partial charge in [-0.05, 0) is 69.4 Å². The summed E-state index contributed by atoms with van der Waals surface area (Å²) in [6.45, 7) is 0. The molecule has 3 aromatic rings. The second-order valence-corrected chi connectivity index (χ2v) is 6.38. The largest absolute Gasteiger partial charge is 0.206 e. The van der Waals surface area contributed by atoms with E-state index in [4.69, 9.17) is 0 Å². The highest BCUT2D eigenvalue weighted by Crippen LogP contribution is 2.31. The Balaban J connectivity index is 2.24. The summed E-state index contributed by atoms with van der Waals surface area (Å²) in [5.41, 5.74) is 2.27. The summed E-state index contributed by atoms with van der Waals surface area (Å²) in [7, 11) is 0. The van der Waals surface area contributed by atoms with Crippen LogP contribution in [-0.4, -0.2) is 0 Å². The van der Waals surface area contributed by atoms with Gasteiger partial charge in [-0.3, -0.25) is 0 Å². The van der Waals surface area contributed by atoms with E-state index in [0.717, 1.165) is 24.6 Å². The minimum Gasteiger partial charge on any atom is -0.206 e. The number of fused-ring (bicyclic) bond motifs is 1. The van der Waals surface area contributed by atoms with Gasteiger partial charge in [0.05, 0.1) is 0 Å². The first-order valence-electron chi connectivity index (χ1n) is 5.79. The molecule has 0 nitrogen and oxygen atoms in total. The van der Waals surface area contributed by atoms with Crippen molar-refractivity contribution in [2.24, 2.45) is 0 Å². The second kappa shape index (κ2) is 5.21. The molecule has 0 atom stereocenters. The van der Waals surface area contributed by atoms with Crippen LogP contribution in [0.25, 0.3) is 21.9 Å². The molecule has 0 aromatic heterocycles. The third-order valence-electron chi connectivity index (χ3n) is 3.07. The fourth-order valence-electron chi connectivity index (χ4n) is 2.11. The Morgan fingerprint density at radius 2 is 1.68 bits per heavy atom. The van der Waals surface area contributed by atoms with Crippen molar-refractivity contribution in [3.8, 4) is 11.1 Å². The maximum atomic E-state index is 13.7. The van der Waals surface area contributed by atoms with Crippen LogP contribution in [0.4, 0.5) is 4.39 Å². The van der Waals surface area contributed by atoms with E-state index in [2.05, 4.69) is 50.7 Å². The minimum atomic E-state index is -0.169. The van der Waals surface area contributed by atoms with Gasteiger partial charge in [-0.1, -0.05) is 40.2 Å². The van der Waals surface area contributed by atoms with E-state index in [9.17, 15) is 4.39 Å². The van der Waals surface area contributed by atoms with E-state index >= 15 is 0 Å². The van der Waals surface area contributed by atoms with E-state index in [1.54, 1.807) is 6.07 Å². The second-order valence-electron chi connectivity index (χ2n) is 4.30. The van der Waals surface area contributed by atoms with Crippen LogP contribution in [0, 0.1) is 9.39 Å². The van der Waals surface area contributed by atoms with Gasteiger partial charge in [0.25, 0.3) is 0 Å². The minimum absolute atomic E-state index is 0.169. The Morgan fingerprint density at radius 3 is 2.42 bits per heavy atom. The lowest BCUT2D eigenvalue weighted by Gasteiger charge is -2.08. The summed E-state index contributed by atoms with van der Waals surface area (Å²) in [5, 5.41) is 1.60. The number of benzene rings is 3. The number of halogens is 3. The summed E-state index contributed by atoms with van der Waals surface area (Å²) in [6.07, 6.45) is 0. The molecule has 0 saturated carbocycles. The van der Waals surface area contributed by atoms with E-state index in [-0.39, 0.29) is 5.82 Å². The fourth-order valence-corrected chi connectivity index (χ4v) is 3.15. The SMILES string of the molecule is Fc1cccc2cc(-c3ccc(Br)cc3)c(I)cc12. The Hall–Kier alpha value is -0.940. The van der Waals surface area contributed by atoms with Gasteiger partial charge in [0.15, 0.2) is 0 Å². The summed E-state index contributed by atoms with van der Waals surface area (Å²) < 4.78 is 15.9. The van der Waals surface area contributed by atoms with Gasteiger partial charge in [-0.2, -0.15) is 0 Å². The number of hydrogen-bond acceptors (Lipinski definition) is 0. The smallest absolute Gasteiger partial charge is 0.131 e. The van der Waals surface area contributed by atoms with E-state index < -0.39 is 0 Å². The predicted octanol–water partition coefficient (Wildman–Crippen LogP) is 6.01. The topological polar surface area (TPSA) is 0 Å². The average Bonchev–Trinajstić information content (AvgIpc) is 2.40. The van der Waals surface area contributed by atoms with Gasteiger partial charge >= 0.3 is 0 Å². The Kier molecular flexibility index (Phi) is 3.58. The van der Waals surface area contributed by atoms with Gasteiger partial charge in [0, 0.05) is 13.4 Å². The van der Waals surface area contributed by atoms with Crippen LogP contribution in [-0.2, 0) is 0 Å². The monoisotopic (exact) mass is 426 g/mol. The van der Waals surface area contributed by atoms with Gasteiger partial charge in [0.2, 0.25) is 0 Å².